The Balaban J connectivity index is 1.39. The van der Waals surface area contributed by atoms with Gasteiger partial charge in [0, 0.05) is 33.5 Å². The van der Waals surface area contributed by atoms with Crippen molar-refractivity contribution in [1.82, 2.24) is 0 Å². The molecule has 0 radical (unpaired) electrons. The zero-order chi connectivity index (χ0) is 38.1. The molecule has 0 heterocycles. The van der Waals surface area contributed by atoms with Crippen LogP contribution in [-0.4, -0.2) is 0 Å². The largest absolute Gasteiger partial charge is 0.355 e. The molecule has 0 saturated carbocycles. The summed E-state index contributed by atoms with van der Waals surface area (Å²) in [5.41, 5.74) is 14.6. The molecule has 3 aliphatic rings. The lowest BCUT2D eigenvalue weighted by Crippen LogP contribution is -2.34. The normalized spacial score (nSPS) is 21.1. The van der Waals surface area contributed by atoms with Crippen LogP contribution in [0.1, 0.15) is 136 Å². The highest BCUT2D eigenvalue weighted by atomic mass is 35.5. The molecule has 1 atom stereocenters. The smallest absolute Gasteiger partial charge is 0.0497 e. The molecule has 4 aromatic rings. The van der Waals surface area contributed by atoms with E-state index in [-0.39, 0.29) is 27.1 Å². The maximum absolute atomic E-state index is 7.12. The standard InChI is InChI=1S/C50H61ClN2/c1-46(2,3)34-17-22-45(40(27-34)33-15-13-12-14-16-33)52-36-28-35(51)29-39(30-36)53(37-18-20-41-43(31-37)49(8,9)25-23-47(41,4)5)38-19-21-42-44(32-38)50(10,11)26-24-48(42,6)7/h12-22,28-32,34,52H,23-27H2,1-11H3. The molecule has 0 amide bonds. The van der Waals surface area contributed by atoms with Gasteiger partial charge in [-0.1, -0.05) is 136 Å². The van der Waals surface area contributed by atoms with Crippen LogP contribution >= 0.6 is 11.6 Å². The Morgan fingerprint density at radius 1 is 0.604 bits per heavy atom. The summed E-state index contributed by atoms with van der Waals surface area (Å²) in [6, 6.07) is 31.8. The van der Waals surface area contributed by atoms with Gasteiger partial charge in [-0.05, 0) is 147 Å². The maximum atomic E-state index is 7.12. The topological polar surface area (TPSA) is 15.3 Å². The van der Waals surface area contributed by atoms with Gasteiger partial charge in [-0.25, -0.2) is 0 Å². The van der Waals surface area contributed by atoms with Gasteiger partial charge in [0.25, 0.3) is 0 Å². The van der Waals surface area contributed by atoms with Gasteiger partial charge >= 0.3 is 0 Å². The molecule has 2 nitrogen and oxygen atoms in total. The van der Waals surface area contributed by atoms with E-state index >= 15 is 0 Å². The second kappa shape index (κ2) is 13.2. The molecule has 7 rings (SSSR count). The molecule has 278 valence electrons. The predicted octanol–water partition coefficient (Wildman–Crippen LogP) is 15.0. The first kappa shape index (κ1) is 37.6. The predicted molar refractivity (Wildman–Crippen MR) is 230 cm³/mol. The Morgan fingerprint density at radius 3 is 1.62 bits per heavy atom. The SMILES string of the molecule is CC1(C)CCC(C)(C)c2cc(N(c3cc(Cl)cc(NC4=C(c5ccccc5)CC(C(C)(C)C)C=C4)c3)c3ccc4c(c3)C(C)(C)CCC4(C)C)ccc21. The number of hydrogen-bond donors (Lipinski definition) is 1. The average Bonchev–Trinajstić information content (AvgIpc) is 3.09. The number of anilines is 4. The lowest BCUT2D eigenvalue weighted by Gasteiger charge is -2.43. The highest BCUT2D eigenvalue weighted by molar-refractivity contribution is 6.31. The third kappa shape index (κ3) is 7.26. The number of nitrogens with zero attached hydrogens (tertiary/aromatic N) is 1. The van der Waals surface area contributed by atoms with Gasteiger partial charge in [0.05, 0.1) is 0 Å². The first-order valence-electron chi connectivity index (χ1n) is 19.9. The molecule has 0 bridgehead atoms. The summed E-state index contributed by atoms with van der Waals surface area (Å²) in [7, 11) is 0. The molecule has 1 N–H and O–H groups in total. The summed E-state index contributed by atoms with van der Waals surface area (Å²) in [4.78, 5) is 2.45. The van der Waals surface area contributed by atoms with Crippen molar-refractivity contribution in [3.05, 3.63) is 136 Å². The fourth-order valence-corrected chi connectivity index (χ4v) is 9.37. The lowest BCUT2D eigenvalue weighted by molar-refractivity contribution is 0.296. The van der Waals surface area contributed by atoms with Crippen molar-refractivity contribution in [3.63, 3.8) is 0 Å². The molecule has 0 aliphatic heterocycles. The van der Waals surface area contributed by atoms with Crippen molar-refractivity contribution >= 4 is 39.9 Å². The Hall–Kier alpha value is -3.75. The molecule has 4 aromatic carbocycles. The zero-order valence-corrected chi connectivity index (χ0v) is 34.9. The van der Waals surface area contributed by atoms with Gasteiger partial charge in [0.2, 0.25) is 0 Å². The number of halogens is 1. The molecular weight excluding hydrogens is 664 g/mol. The van der Waals surface area contributed by atoms with Crippen LogP contribution in [0.15, 0.2) is 103 Å². The van der Waals surface area contributed by atoms with Crippen molar-refractivity contribution in [3.8, 4) is 0 Å². The van der Waals surface area contributed by atoms with Crippen molar-refractivity contribution in [1.29, 1.82) is 0 Å². The molecule has 0 fully saturated rings. The van der Waals surface area contributed by atoms with Crippen LogP contribution < -0.4 is 10.2 Å². The fourth-order valence-electron chi connectivity index (χ4n) is 9.15. The average molecular weight is 726 g/mol. The lowest BCUT2D eigenvalue weighted by atomic mass is 9.63. The summed E-state index contributed by atoms with van der Waals surface area (Å²) in [6.45, 7) is 26.3. The van der Waals surface area contributed by atoms with E-state index in [0.29, 0.717) is 10.9 Å². The summed E-state index contributed by atoms with van der Waals surface area (Å²) >= 11 is 7.12. The highest BCUT2D eigenvalue weighted by Crippen LogP contribution is 2.51. The van der Waals surface area contributed by atoms with Gasteiger partial charge < -0.3 is 10.2 Å². The van der Waals surface area contributed by atoms with E-state index in [0.717, 1.165) is 23.5 Å². The number of nitrogens with one attached hydrogen (secondary N) is 1. The van der Waals surface area contributed by atoms with Crippen LogP contribution in [0, 0.1) is 11.3 Å². The Kier molecular flexibility index (Phi) is 9.37. The highest BCUT2D eigenvalue weighted by Gasteiger charge is 2.39. The van der Waals surface area contributed by atoms with Gasteiger partial charge in [0.15, 0.2) is 0 Å². The number of hydrogen-bond acceptors (Lipinski definition) is 2. The van der Waals surface area contributed by atoms with Gasteiger partial charge in [0.1, 0.15) is 0 Å². The second-order valence-corrected chi connectivity index (χ2v) is 20.4. The van der Waals surface area contributed by atoms with E-state index < -0.39 is 0 Å². The van der Waals surface area contributed by atoms with Crippen LogP contribution in [0.3, 0.4) is 0 Å². The van der Waals surface area contributed by atoms with Crippen LogP contribution in [0.25, 0.3) is 5.57 Å². The summed E-state index contributed by atoms with van der Waals surface area (Å²) < 4.78 is 0. The third-order valence-corrected chi connectivity index (χ3v) is 13.3. The summed E-state index contributed by atoms with van der Waals surface area (Å²) in [6.07, 6.45) is 10.4. The van der Waals surface area contributed by atoms with Gasteiger partial charge in [-0.2, -0.15) is 0 Å². The van der Waals surface area contributed by atoms with Gasteiger partial charge in [-0.15, -0.1) is 0 Å². The minimum absolute atomic E-state index is 0.0913. The zero-order valence-electron chi connectivity index (χ0n) is 34.2. The van der Waals surface area contributed by atoms with Crippen molar-refractivity contribution in [2.24, 2.45) is 11.3 Å². The van der Waals surface area contributed by atoms with E-state index in [1.54, 1.807) is 0 Å². The van der Waals surface area contributed by atoms with E-state index in [1.165, 1.54) is 70.4 Å². The molecule has 3 aliphatic carbocycles. The minimum Gasteiger partial charge on any atom is -0.355 e. The van der Waals surface area contributed by atoms with Crippen molar-refractivity contribution in [2.45, 2.75) is 130 Å². The number of benzene rings is 4. The Bertz CT molecular complexity index is 2010. The van der Waals surface area contributed by atoms with E-state index in [4.69, 9.17) is 11.6 Å². The fraction of sp³-hybridized carbons (Fsp3) is 0.440. The summed E-state index contributed by atoms with van der Waals surface area (Å²) in [5.74, 6) is 0.449. The Labute approximate surface area is 325 Å². The first-order chi connectivity index (χ1) is 24.7. The molecule has 0 aromatic heterocycles. The number of fused-ring (bicyclic) bond motifs is 2. The second-order valence-electron chi connectivity index (χ2n) is 19.9. The number of rotatable bonds is 6. The van der Waals surface area contributed by atoms with Crippen LogP contribution in [0.4, 0.5) is 22.7 Å². The van der Waals surface area contributed by atoms with Crippen molar-refractivity contribution in [2.75, 3.05) is 10.2 Å². The molecule has 1 unspecified atom stereocenters. The van der Waals surface area contributed by atoms with E-state index in [1.807, 2.05) is 0 Å². The molecule has 0 saturated heterocycles. The molecular formula is C50H61ClN2. The van der Waals surface area contributed by atoms with Crippen LogP contribution in [-0.2, 0) is 21.7 Å². The maximum Gasteiger partial charge on any atom is 0.0497 e. The number of allylic oxidation sites excluding steroid dienone is 3. The van der Waals surface area contributed by atoms with Crippen LogP contribution in [0.2, 0.25) is 5.02 Å². The van der Waals surface area contributed by atoms with E-state index in [9.17, 15) is 0 Å². The van der Waals surface area contributed by atoms with Crippen molar-refractivity contribution < 1.29 is 0 Å². The summed E-state index contributed by atoms with van der Waals surface area (Å²) in [5, 5.41) is 4.58. The van der Waals surface area contributed by atoms with Gasteiger partial charge in [-0.3, -0.25) is 0 Å². The Morgan fingerprint density at radius 2 is 1.11 bits per heavy atom. The molecule has 53 heavy (non-hydrogen) atoms. The molecule has 0 spiro atoms. The van der Waals surface area contributed by atoms with Crippen LogP contribution in [0.5, 0.6) is 0 Å². The quantitative estimate of drug-likeness (QED) is 0.213. The minimum atomic E-state index is 0.0913. The third-order valence-electron chi connectivity index (χ3n) is 13.1. The first-order valence-corrected chi connectivity index (χ1v) is 20.3. The molecule has 3 heteroatoms. The van der Waals surface area contributed by atoms with E-state index in [2.05, 4.69) is 183 Å². The monoisotopic (exact) mass is 724 g/mol.